The van der Waals surface area contributed by atoms with Gasteiger partial charge in [-0.3, -0.25) is 0 Å². The third kappa shape index (κ3) is 5.03. The summed E-state index contributed by atoms with van der Waals surface area (Å²) in [5.41, 5.74) is 3.69. The summed E-state index contributed by atoms with van der Waals surface area (Å²) in [6.45, 7) is 9.14. The molecule has 6 nitrogen and oxygen atoms in total. The second kappa shape index (κ2) is 8.35. The van der Waals surface area contributed by atoms with E-state index < -0.39 is 15.4 Å². The van der Waals surface area contributed by atoms with Crippen molar-refractivity contribution >= 4 is 21.6 Å². The Morgan fingerprint density at radius 1 is 1.12 bits per heavy atom. The van der Waals surface area contributed by atoms with Gasteiger partial charge in [-0.15, -0.1) is 0 Å². The zero-order valence-corrected chi connectivity index (χ0v) is 21.0. The average molecular weight is 471 g/mol. The molecule has 0 bridgehead atoms. The quantitative estimate of drug-likeness (QED) is 0.697. The number of benzene rings is 2. The number of nitrogens with one attached hydrogen (secondary N) is 1. The molecule has 1 spiro atoms. The maximum Gasteiger partial charge on any atom is 0.408 e. The Morgan fingerprint density at radius 2 is 1.79 bits per heavy atom. The fourth-order valence-corrected chi connectivity index (χ4v) is 5.98. The third-order valence-corrected chi connectivity index (χ3v) is 7.86. The molecule has 0 unspecified atom stereocenters. The van der Waals surface area contributed by atoms with E-state index >= 15 is 0 Å². The number of alkyl carbamates (subject to hydrolysis) is 1. The van der Waals surface area contributed by atoms with Crippen molar-refractivity contribution in [2.24, 2.45) is 5.41 Å². The van der Waals surface area contributed by atoms with Gasteiger partial charge in [0, 0.05) is 30.4 Å². The van der Waals surface area contributed by atoms with Crippen molar-refractivity contribution in [2.75, 3.05) is 24.2 Å². The van der Waals surface area contributed by atoms with E-state index in [4.69, 9.17) is 4.74 Å². The van der Waals surface area contributed by atoms with Crippen LogP contribution in [0.1, 0.15) is 56.3 Å². The van der Waals surface area contributed by atoms with Crippen molar-refractivity contribution < 1.29 is 17.9 Å². The van der Waals surface area contributed by atoms with Crippen LogP contribution >= 0.6 is 0 Å². The molecule has 1 aliphatic heterocycles. The van der Waals surface area contributed by atoms with Gasteiger partial charge in [-0.25, -0.2) is 13.2 Å². The first kappa shape index (κ1) is 23.6. The fraction of sp³-hybridized carbons (Fsp3) is 0.500. The number of carbonyl (C=O) groups excluding carboxylic acids is 1. The normalized spacial score (nSPS) is 19.9. The lowest BCUT2D eigenvalue weighted by Crippen LogP contribution is -2.47. The van der Waals surface area contributed by atoms with Crippen LogP contribution in [0.2, 0.25) is 0 Å². The van der Waals surface area contributed by atoms with Crippen molar-refractivity contribution in [3.05, 3.63) is 59.2 Å². The van der Waals surface area contributed by atoms with E-state index in [1.165, 1.54) is 17.4 Å². The molecule has 178 valence electrons. The van der Waals surface area contributed by atoms with Crippen LogP contribution in [0, 0.1) is 12.3 Å². The minimum atomic E-state index is -3.27. The smallest absolute Gasteiger partial charge is 0.408 e. The standard InChI is InChI=1S/C26H34N2O4S/c1-18-14-20(16-21(15-18)33(5,30)31)28-12-10-26(11-13-28)17-19-8-6-7-9-22(19)23(26)27-24(29)32-25(2,3)4/h6-9,14-16,23H,10-13,17H2,1-5H3,(H,27,29)/t23-/m1/s1. The lowest BCUT2D eigenvalue weighted by Gasteiger charge is -2.44. The molecule has 1 aliphatic carbocycles. The van der Waals surface area contributed by atoms with Crippen molar-refractivity contribution in [3.63, 3.8) is 0 Å². The van der Waals surface area contributed by atoms with E-state index in [0.29, 0.717) is 4.90 Å². The van der Waals surface area contributed by atoms with Crippen LogP contribution in [0.15, 0.2) is 47.4 Å². The van der Waals surface area contributed by atoms with E-state index in [0.717, 1.165) is 43.6 Å². The van der Waals surface area contributed by atoms with Gasteiger partial charge >= 0.3 is 6.09 Å². The summed E-state index contributed by atoms with van der Waals surface area (Å²) in [6, 6.07) is 13.8. The summed E-state index contributed by atoms with van der Waals surface area (Å²) in [5, 5.41) is 3.19. The van der Waals surface area contributed by atoms with E-state index in [2.05, 4.69) is 28.4 Å². The Balaban J connectivity index is 1.57. The number of rotatable bonds is 3. The molecular weight excluding hydrogens is 436 g/mol. The monoisotopic (exact) mass is 470 g/mol. The molecule has 7 heteroatoms. The molecule has 2 aliphatic rings. The lowest BCUT2D eigenvalue weighted by molar-refractivity contribution is 0.0428. The van der Waals surface area contributed by atoms with Crippen LogP contribution in [0.5, 0.6) is 0 Å². The first-order valence-electron chi connectivity index (χ1n) is 11.5. The molecule has 1 atom stereocenters. The minimum Gasteiger partial charge on any atom is -0.444 e. The van der Waals surface area contributed by atoms with Crippen LogP contribution in [-0.4, -0.2) is 39.5 Å². The van der Waals surface area contributed by atoms with Gasteiger partial charge in [0.05, 0.1) is 10.9 Å². The number of ether oxygens (including phenoxy) is 1. The molecule has 33 heavy (non-hydrogen) atoms. The highest BCUT2D eigenvalue weighted by Gasteiger charge is 2.48. The number of aryl methyl sites for hydroxylation is 1. The second-order valence-electron chi connectivity index (χ2n) is 10.6. The van der Waals surface area contributed by atoms with Crippen molar-refractivity contribution in [3.8, 4) is 0 Å². The van der Waals surface area contributed by atoms with Gasteiger partial charge in [0.1, 0.15) is 5.60 Å². The minimum absolute atomic E-state index is 0.0828. The number of hydrogen-bond donors (Lipinski definition) is 1. The SMILES string of the molecule is Cc1cc(N2CCC3(CC2)Cc2ccccc2[C@H]3NC(=O)OC(C)(C)C)cc(S(C)(=O)=O)c1. The summed E-state index contributed by atoms with van der Waals surface area (Å²) in [5.74, 6) is 0. The number of sulfone groups is 1. The Kier molecular flexibility index (Phi) is 5.97. The van der Waals surface area contributed by atoms with Gasteiger partial charge < -0.3 is 15.0 Å². The number of amides is 1. The number of hydrogen-bond acceptors (Lipinski definition) is 5. The first-order chi connectivity index (χ1) is 15.4. The second-order valence-corrected chi connectivity index (χ2v) is 12.6. The molecule has 1 fully saturated rings. The molecule has 1 amide bonds. The van der Waals surface area contributed by atoms with Gasteiger partial charge in [0.25, 0.3) is 0 Å². The average Bonchev–Trinajstić information content (AvgIpc) is 2.99. The van der Waals surface area contributed by atoms with E-state index in [9.17, 15) is 13.2 Å². The molecule has 0 saturated carbocycles. The Hall–Kier alpha value is -2.54. The molecule has 2 aromatic carbocycles. The highest BCUT2D eigenvalue weighted by molar-refractivity contribution is 7.90. The fourth-order valence-electron chi connectivity index (χ4n) is 5.25. The summed E-state index contributed by atoms with van der Waals surface area (Å²) in [4.78, 5) is 15.3. The number of fused-ring (bicyclic) bond motifs is 1. The topological polar surface area (TPSA) is 75.7 Å². The highest BCUT2D eigenvalue weighted by Crippen LogP contribution is 2.52. The molecule has 2 aromatic rings. The number of nitrogens with zero attached hydrogens (tertiary/aromatic N) is 1. The number of carbonyl (C=O) groups is 1. The van der Waals surface area contributed by atoms with Crippen molar-refractivity contribution in [1.29, 1.82) is 0 Å². The summed E-state index contributed by atoms with van der Waals surface area (Å²) >= 11 is 0. The number of piperidine rings is 1. The molecule has 1 N–H and O–H groups in total. The van der Waals surface area contributed by atoms with Gasteiger partial charge in [-0.05, 0) is 81.8 Å². The Labute approximate surface area is 197 Å². The molecular formula is C26H34N2O4S. The predicted octanol–water partition coefficient (Wildman–Crippen LogP) is 4.81. The summed E-state index contributed by atoms with van der Waals surface area (Å²) in [6.07, 6.45) is 3.57. The van der Waals surface area contributed by atoms with Crippen LogP contribution < -0.4 is 10.2 Å². The van der Waals surface area contributed by atoms with Gasteiger partial charge in [0.2, 0.25) is 0 Å². The van der Waals surface area contributed by atoms with E-state index in [1.54, 1.807) is 12.1 Å². The van der Waals surface area contributed by atoms with Crippen LogP contribution in [0.25, 0.3) is 0 Å². The van der Waals surface area contributed by atoms with Gasteiger partial charge in [-0.1, -0.05) is 24.3 Å². The summed E-state index contributed by atoms with van der Waals surface area (Å²) in [7, 11) is -3.27. The lowest BCUT2D eigenvalue weighted by atomic mass is 9.72. The highest BCUT2D eigenvalue weighted by atomic mass is 32.2. The molecule has 4 rings (SSSR count). The van der Waals surface area contributed by atoms with Crippen molar-refractivity contribution in [1.82, 2.24) is 5.32 Å². The Morgan fingerprint density at radius 3 is 2.42 bits per heavy atom. The predicted molar refractivity (Wildman–Crippen MR) is 130 cm³/mol. The maximum atomic E-state index is 12.7. The van der Waals surface area contributed by atoms with Crippen LogP contribution in [0.4, 0.5) is 10.5 Å². The molecule has 0 radical (unpaired) electrons. The maximum absolute atomic E-state index is 12.7. The van der Waals surface area contributed by atoms with E-state index in [1.807, 2.05) is 39.8 Å². The molecule has 1 heterocycles. The van der Waals surface area contributed by atoms with Gasteiger partial charge in [0.15, 0.2) is 9.84 Å². The van der Waals surface area contributed by atoms with Crippen LogP contribution in [-0.2, 0) is 21.0 Å². The van der Waals surface area contributed by atoms with Gasteiger partial charge in [-0.2, -0.15) is 0 Å². The number of anilines is 1. The summed E-state index contributed by atoms with van der Waals surface area (Å²) < 4.78 is 29.8. The third-order valence-electron chi connectivity index (χ3n) is 6.77. The van der Waals surface area contributed by atoms with Crippen LogP contribution in [0.3, 0.4) is 0 Å². The Bertz CT molecular complexity index is 1160. The zero-order valence-electron chi connectivity index (χ0n) is 20.1. The first-order valence-corrected chi connectivity index (χ1v) is 13.4. The van der Waals surface area contributed by atoms with Crippen molar-refractivity contribution in [2.45, 2.75) is 63.5 Å². The van der Waals surface area contributed by atoms with E-state index in [-0.39, 0.29) is 17.6 Å². The molecule has 1 saturated heterocycles. The zero-order chi connectivity index (χ0) is 24.0. The largest absolute Gasteiger partial charge is 0.444 e. The molecule has 0 aromatic heterocycles.